The van der Waals surface area contributed by atoms with Gasteiger partial charge in [-0.1, -0.05) is 11.8 Å². The Bertz CT molecular complexity index is 899. The number of rotatable bonds is 8. The van der Waals surface area contributed by atoms with Gasteiger partial charge in [0.1, 0.15) is 5.82 Å². The summed E-state index contributed by atoms with van der Waals surface area (Å²) >= 11 is 1.49. The molecule has 0 spiro atoms. The summed E-state index contributed by atoms with van der Waals surface area (Å²) in [5.41, 5.74) is 13.5. The van der Waals surface area contributed by atoms with Gasteiger partial charge in [-0.25, -0.2) is 0 Å². The molecule has 0 amide bonds. The summed E-state index contributed by atoms with van der Waals surface area (Å²) in [6.07, 6.45) is 0. The Labute approximate surface area is 168 Å². The normalized spacial score (nSPS) is 11.0. The average Bonchev–Trinajstić information content (AvgIpc) is 3.10. The van der Waals surface area contributed by atoms with Crippen molar-refractivity contribution in [2.75, 3.05) is 29.5 Å². The van der Waals surface area contributed by atoms with Crippen LogP contribution in [0.15, 0.2) is 29.4 Å². The Hall–Kier alpha value is -2.88. The maximum absolute atomic E-state index is 5.63. The fraction of sp³-hybridized carbons (Fsp3) is 0.389. The molecule has 0 atom stereocenters. The van der Waals surface area contributed by atoms with E-state index < -0.39 is 0 Å². The topological polar surface area (TPSA) is 125 Å². The zero-order chi connectivity index (χ0) is 20.1. The van der Waals surface area contributed by atoms with Crippen molar-refractivity contribution in [3.05, 3.63) is 30.1 Å². The molecule has 2 heterocycles. The number of nitrogens with two attached hydrogens (primary N) is 2. The minimum atomic E-state index is 0.119. The standard InChI is InChI=1S/C18H25N9S/c1-4-26(5-2)13-9-7-12(8-10-13)15-24-25-18(27(15)6-3)28-11-14-21-16(19)23-17(20)22-14/h7-10H,4-6,11H2,1-3H3,(H4,19,20,21,22,23). The Balaban J connectivity index is 1.79. The first-order valence-electron chi connectivity index (χ1n) is 9.22. The van der Waals surface area contributed by atoms with Gasteiger partial charge in [0, 0.05) is 30.9 Å². The number of hydrogen-bond acceptors (Lipinski definition) is 9. The van der Waals surface area contributed by atoms with Crippen LogP contribution in [0.4, 0.5) is 17.6 Å². The van der Waals surface area contributed by atoms with E-state index in [4.69, 9.17) is 11.5 Å². The second-order valence-corrected chi connectivity index (χ2v) is 6.97. The van der Waals surface area contributed by atoms with Crippen molar-refractivity contribution in [3.63, 3.8) is 0 Å². The van der Waals surface area contributed by atoms with Crippen molar-refractivity contribution in [2.45, 2.75) is 38.2 Å². The van der Waals surface area contributed by atoms with Crippen molar-refractivity contribution in [1.29, 1.82) is 0 Å². The lowest BCUT2D eigenvalue weighted by molar-refractivity contribution is 0.687. The molecule has 0 bridgehead atoms. The molecular formula is C18H25N9S. The van der Waals surface area contributed by atoms with Crippen LogP contribution in [0.2, 0.25) is 0 Å². The molecule has 0 aliphatic heterocycles. The summed E-state index contributed by atoms with van der Waals surface area (Å²) in [5, 5.41) is 9.53. The monoisotopic (exact) mass is 399 g/mol. The highest BCUT2D eigenvalue weighted by molar-refractivity contribution is 7.98. The first kappa shape index (κ1) is 19.9. The van der Waals surface area contributed by atoms with Crippen LogP contribution in [0.25, 0.3) is 11.4 Å². The van der Waals surface area contributed by atoms with Gasteiger partial charge >= 0.3 is 0 Å². The molecule has 0 unspecified atom stereocenters. The van der Waals surface area contributed by atoms with Gasteiger partial charge in [-0.3, -0.25) is 0 Å². The highest BCUT2D eigenvalue weighted by Gasteiger charge is 2.15. The molecule has 0 aliphatic carbocycles. The predicted octanol–water partition coefficient (Wildman–Crippen LogP) is 2.45. The number of anilines is 3. The molecule has 0 radical (unpaired) electrons. The van der Waals surface area contributed by atoms with Crippen molar-refractivity contribution < 1.29 is 0 Å². The minimum Gasteiger partial charge on any atom is -0.372 e. The number of benzene rings is 1. The van der Waals surface area contributed by atoms with Gasteiger partial charge in [0.15, 0.2) is 11.0 Å². The van der Waals surface area contributed by atoms with Crippen LogP contribution in [0.1, 0.15) is 26.6 Å². The van der Waals surface area contributed by atoms with Crippen molar-refractivity contribution in [3.8, 4) is 11.4 Å². The largest absolute Gasteiger partial charge is 0.372 e. The third-order valence-electron chi connectivity index (χ3n) is 4.33. The molecule has 0 saturated heterocycles. The maximum atomic E-state index is 5.63. The lowest BCUT2D eigenvalue weighted by Crippen LogP contribution is -2.21. The fourth-order valence-electron chi connectivity index (χ4n) is 2.95. The van der Waals surface area contributed by atoms with Gasteiger partial charge < -0.3 is 20.9 Å². The highest BCUT2D eigenvalue weighted by Crippen LogP contribution is 2.27. The minimum absolute atomic E-state index is 0.119. The number of nitrogen functional groups attached to an aromatic ring is 2. The van der Waals surface area contributed by atoms with Crippen LogP contribution in [0.3, 0.4) is 0 Å². The van der Waals surface area contributed by atoms with Crippen LogP contribution < -0.4 is 16.4 Å². The molecule has 2 aromatic heterocycles. The zero-order valence-corrected chi connectivity index (χ0v) is 17.1. The quantitative estimate of drug-likeness (QED) is 0.549. The maximum Gasteiger partial charge on any atom is 0.225 e. The average molecular weight is 400 g/mol. The van der Waals surface area contributed by atoms with Gasteiger partial charge in [0.2, 0.25) is 11.9 Å². The van der Waals surface area contributed by atoms with E-state index in [1.165, 1.54) is 17.4 Å². The summed E-state index contributed by atoms with van der Waals surface area (Å²) in [4.78, 5) is 14.3. The van der Waals surface area contributed by atoms with Crippen LogP contribution in [-0.4, -0.2) is 42.8 Å². The van der Waals surface area contributed by atoms with E-state index in [2.05, 4.69) is 79.7 Å². The van der Waals surface area contributed by atoms with Gasteiger partial charge in [0.05, 0.1) is 5.75 Å². The summed E-state index contributed by atoms with van der Waals surface area (Å²) in [6.45, 7) is 9.09. The van der Waals surface area contributed by atoms with E-state index in [-0.39, 0.29) is 11.9 Å². The van der Waals surface area contributed by atoms with E-state index in [1.807, 2.05) is 0 Å². The lowest BCUT2D eigenvalue weighted by atomic mass is 10.2. The molecule has 9 nitrogen and oxygen atoms in total. The molecule has 0 fully saturated rings. The van der Waals surface area contributed by atoms with E-state index in [0.29, 0.717) is 11.6 Å². The van der Waals surface area contributed by atoms with Gasteiger partial charge in [-0.2, -0.15) is 15.0 Å². The third-order valence-corrected chi connectivity index (χ3v) is 5.30. The van der Waals surface area contributed by atoms with Crippen LogP contribution in [0.5, 0.6) is 0 Å². The molecule has 1 aromatic carbocycles. The van der Waals surface area contributed by atoms with Gasteiger partial charge in [0.25, 0.3) is 0 Å². The molecule has 4 N–H and O–H groups in total. The van der Waals surface area contributed by atoms with Crippen molar-refractivity contribution in [2.24, 2.45) is 0 Å². The van der Waals surface area contributed by atoms with Crippen LogP contribution in [0, 0.1) is 0 Å². The first-order chi connectivity index (χ1) is 13.5. The van der Waals surface area contributed by atoms with Crippen molar-refractivity contribution in [1.82, 2.24) is 29.7 Å². The molecule has 0 saturated carbocycles. The second kappa shape index (κ2) is 8.87. The molecule has 10 heteroatoms. The van der Waals surface area contributed by atoms with Crippen LogP contribution >= 0.6 is 11.8 Å². The van der Waals surface area contributed by atoms with Crippen molar-refractivity contribution >= 4 is 29.3 Å². The summed E-state index contributed by atoms with van der Waals surface area (Å²) < 4.78 is 2.07. The summed E-state index contributed by atoms with van der Waals surface area (Å²) in [6, 6.07) is 8.43. The van der Waals surface area contributed by atoms with E-state index in [9.17, 15) is 0 Å². The molecule has 0 aliphatic rings. The molecule has 28 heavy (non-hydrogen) atoms. The number of aromatic nitrogens is 6. The van der Waals surface area contributed by atoms with E-state index in [1.54, 1.807) is 0 Å². The third kappa shape index (κ3) is 4.33. The molecule has 3 rings (SSSR count). The van der Waals surface area contributed by atoms with E-state index in [0.717, 1.165) is 36.2 Å². The zero-order valence-electron chi connectivity index (χ0n) is 16.3. The molecule has 148 valence electrons. The van der Waals surface area contributed by atoms with Crippen LogP contribution in [-0.2, 0) is 12.3 Å². The van der Waals surface area contributed by atoms with Gasteiger partial charge in [-0.05, 0) is 45.0 Å². The van der Waals surface area contributed by atoms with E-state index >= 15 is 0 Å². The SMILES string of the molecule is CCN(CC)c1ccc(-c2nnc(SCc3nc(N)nc(N)n3)n2CC)cc1. The number of nitrogens with zero attached hydrogens (tertiary/aromatic N) is 7. The number of thioether (sulfide) groups is 1. The first-order valence-corrected chi connectivity index (χ1v) is 10.2. The Morgan fingerprint density at radius 1 is 0.929 bits per heavy atom. The Morgan fingerprint density at radius 3 is 2.14 bits per heavy atom. The Kier molecular flexibility index (Phi) is 6.30. The highest BCUT2D eigenvalue weighted by atomic mass is 32.2. The summed E-state index contributed by atoms with van der Waals surface area (Å²) in [7, 11) is 0. The van der Waals surface area contributed by atoms with Gasteiger partial charge in [-0.15, -0.1) is 10.2 Å². The second-order valence-electron chi connectivity index (χ2n) is 6.03. The number of hydrogen-bond donors (Lipinski definition) is 2. The molecular weight excluding hydrogens is 374 g/mol. The molecule has 3 aromatic rings. The predicted molar refractivity (Wildman–Crippen MR) is 113 cm³/mol. The summed E-state index contributed by atoms with van der Waals surface area (Å²) in [5.74, 6) is 2.08. The Morgan fingerprint density at radius 2 is 1.57 bits per heavy atom. The lowest BCUT2D eigenvalue weighted by Gasteiger charge is -2.21. The smallest absolute Gasteiger partial charge is 0.225 e. The fourth-order valence-corrected chi connectivity index (χ4v) is 3.81.